The van der Waals surface area contributed by atoms with Gasteiger partial charge in [-0.1, -0.05) is 34.1 Å². The predicted octanol–water partition coefficient (Wildman–Crippen LogP) is 4.17. The lowest BCUT2D eigenvalue weighted by Crippen LogP contribution is -2.11. The van der Waals surface area contributed by atoms with Crippen LogP contribution in [0.15, 0.2) is 40.9 Å². The third-order valence-electron chi connectivity index (χ3n) is 2.41. The molecule has 0 saturated carbocycles. The second-order valence-corrected chi connectivity index (χ2v) is 5.04. The van der Waals surface area contributed by atoms with Crippen LogP contribution in [0.2, 0.25) is 0 Å². The van der Waals surface area contributed by atoms with E-state index in [9.17, 15) is 4.79 Å². The summed E-state index contributed by atoms with van der Waals surface area (Å²) in [7, 11) is 0. The summed E-state index contributed by atoms with van der Waals surface area (Å²) in [6, 6.07) is 11.5. The van der Waals surface area contributed by atoms with Gasteiger partial charge >= 0.3 is 5.97 Å². The lowest BCUT2D eigenvalue weighted by atomic mass is 10.0. The van der Waals surface area contributed by atoms with Gasteiger partial charge in [-0.15, -0.1) is 0 Å². The Bertz CT molecular complexity index is 561. The van der Waals surface area contributed by atoms with Gasteiger partial charge in [0, 0.05) is 4.47 Å². The first-order valence-corrected chi connectivity index (χ1v) is 6.26. The monoisotopic (exact) mass is 292 g/mol. The van der Waals surface area contributed by atoms with E-state index in [1.54, 1.807) is 6.07 Å². The van der Waals surface area contributed by atoms with Crippen molar-refractivity contribution in [3.05, 3.63) is 46.4 Å². The molecule has 0 radical (unpaired) electrons. The molecule has 0 aromatic heterocycles. The second-order valence-electron chi connectivity index (χ2n) is 4.13. The fraction of sp³-hybridized carbons (Fsp3) is 0.214. The number of benzene rings is 2. The van der Waals surface area contributed by atoms with E-state index in [2.05, 4.69) is 15.9 Å². The maximum Gasteiger partial charge on any atom is 0.339 e. The highest BCUT2D eigenvalue weighted by atomic mass is 79.9. The number of fused-ring (bicyclic) bond motifs is 1. The first-order chi connectivity index (χ1) is 8.08. The van der Waals surface area contributed by atoms with Crippen molar-refractivity contribution in [3.8, 4) is 0 Å². The zero-order chi connectivity index (χ0) is 12.4. The molecular weight excluding hydrogens is 280 g/mol. The number of hydrogen-bond acceptors (Lipinski definition) is 2. The molecular formula is C14H13BrO2. The van der Waals surface area contributed by atoms with E-state index >= 15 is 0 Å². The molecule has 0 aliphatic rings. The van der Waals surface area contributed by atoms with Crippen molar-refractivity contribution in [2.75, 3.05) is 0 Å². The maximum atomic E-state index is 11.9. The molecule has 3 heteroatoms. The summed E-state index contributed by atoms with van der Waals surface area (Å²) in [4.78, 5) is 11.9. The van der Waals surface area contributed by atoms with Gasteiger partial charge in [0.1, 0.15) is 0 Å². The minimum atomic E-state index is -0.270. The highest BCUT2D eigenvalue weighted by Gasteiger charge is 2.12. The van der Waals surface area contributed by atoms with Gasteiger partial charge in [0.05, 0.1) is 11.7 Å². The number of esters is 1. The Labute approximate surface area is 109 Å². The first-order valence-electron chi connectivity index (χ1n) is 5.47. The molecule has 2 aromatic rings. The maximum absolute atomic E-state index is 11.9. The van der Waals surface area contributed by atoms with Gasteiger partial charge in [-0.2, -0.15) is 0 Å². The number of carbonyl (C=O) groups is 1. The zero-order valence-corrected chi connectivity index (χ0v) is 11.3. The molecule has 17 heavy (non-hydrogen) atoms. The Morgan fingerprint density at radius 1 is 1.24 bits per heavy atom. The summed E-state index contributed by atoms with van der Waals surface area (Å²) < 4.78 is 6.22. The number of rotatable bonds is 2. The highest BCUT2D eigenvalue weighted by molar-refractivity contribution is 9.10. The summed E-state index contributed by atoms with van der Waals surface area (Å²) in [5.74, 6) is -0.270. The van der Waals surface area contributed by atoms with Crippen LogP contribution < -0.4 is 0 Å². The molecule has 0 heterocycles. The van der Waals surface area contributed by atoms with Gasteiger partial charge in [-0.3, -0.25) is 0 Å². The fourth-order valence-corrected chi connectivity index (χ4v) is 2.09. The SMILES string of the molecule is CC(C)OC(=O)c1cccc2cc(Br)ccc12. The van der Waals surface area contributed by atoms with E-state index in [4.69, 9.17) is 4.74 Å². The first kappa shape index (κ1) is 12.1. The van der Waals surface area contributed by atoms with Gasteiger partial charge < -0.3 is 4.74 Å². The number of hydrogen-bond donors (Lipinski definition) is 0. The van der Waals surface area contributed by atoms with Gasteiger partial charge in [0.15, 0.2) is 0 Å². The third-order valence-corrected chi connectivity index (χ3v) is 2.90. The molecule has 0 bridgehead atoms. The summed E-state index contributed by atoms with van der Waals surface area (Å²) >= 11 is 3.42. The van der Waals surface area contributed by atoms with Crippen LogP contribution in [0.1, 0.15) is 24.2 Å². The predicted molar refractivity (Wildman–Crippen MR) is 72.2 cm³/mol. The summed E-state index contributed by atoms with van der Waals surface area (Å²) in [5.41, 5.74) is 0.615. The standard InChI is InChI=1S/C14H13BrO2/c1-9(2)17-14(16)13-5-3-4-10-8-11(15)6-7-12(10)13/h3-9H,1-2H3. The average Bonchev–Trinajstić information content (AvgIpc) is 2.26. The number of ether oxygens (including phenoxy) is 1. The van der Waals surface area contributed by atoms with Gasteiger partial charge in [0.2, 0.25) is 0 Å². The van der Waals surface area contributed by atoms with E-state index in [1.807, 2.05) is 44.2 Å². The van der Waals surface area contributed by atoms with Crippen LogP contribution in [0.25, 0.3) is 10.8 Å². The second kappa shape index (κ2) is 4.88. The average molecular weight is 293 g/mol. The lowest BCUT2D eigenvalue weighted by Gasteiger charge is -2.10. The van der Waals surface area contributed by atoms with Gasteiger partial charge in [-0.25, -0.2) is 4.79 Å². The van der Waals surface area contributed by atoms with Crippen LogP contribution in [-0.2, 0) is 4.74 Å². The Kier molecular flexibility index (Phi) is 3.48. The summed E-state index contributed by atoms with van der Waals surface area (Å²) in [6.07, 6.45) is -0.104. The van der Waals surface area contributed by atoms with Crippen molar-refractivity contribution in [2.45, 2.75) is 20.0 Å². The van der Waals surface area contributed by atoms with E-state index in [0.29, 0.717) is 5.56 Å². The van der Waals surface area contributed by atoms with Crippen LogP contribution in [0.4, 0.5) is 0 Å². The van der Waals surface area contributed by atoms with Crippen LogP contribution in [0.3, 0.4) is 0 Å². The molecule has 0 amide bonds. The lowest BCUT2D eigenvalue weighted by molar-refractivity contribution is 0.0380. The molecule has 0 atom stereocenters. The Hall–Kier alpha value is -1.35. The Morgan fingerprint density at radius 2 is 2.00 bits per heavy atom. The van der Waals surface area contributed by atoms with E-state index in [-0.39, 0.29) is 12.1 Å². The minimum Gasteiger partial charge on any atom is -0.459 e. The Balaban J connectivity index is 2.51. The molecule has 0 N–H and O–H groups in total. The van der Waals surface area contributed by atoms with Crippen molar-refractivity contribution < 1.29 is 9.53 Å². The fourth-order valence-electron chi connectivity index (χ4n) is 1.71. The van der Waals surface area contributed by atoms with Gasteiger partial charge in [0.25, 0.3) is 0 Å². The van der Waals surface area contributed by atoms with Crippen LogP contribution in [-0.4, -0.2) is 12.1 Å². The van der Waals surface area contributed by atoms with Crippen LogP contribution >= 0.6 is 15.9 Å². The van der Waals surface area contributed by atoms with E-state index in [0.717, 1.165) is 15.2 Å². The summed E-state index contributed by atoms with van der Waals surface area (Å²) in [6.45, 7) is 3.69. The topological polar surface area (TPSA) is 26.3 Å². The van der Waals surface area contributed by atoms with Crippen molar-refractivity contribution in [1.82, 2.24) is 0 Å². The molecule has 0 unspecified atom stereocenters. The number of halogens is 1. The largest absolute Gasteiger partial charge is 0.459 e. The van der Waals surface area contributed by atoms with Crippen molar-refractivity contribution in [2.24, 2.45) is 0 Å². The number of carbonyl (C=O) groups excluding carboxylic acids is 1. The zero-order valence-electron chi connectivity index (χ0n) is 9.74. The van der Waals surface area contributed by atoms with Crippen LogP contribution in [0.5, 0.6) is 0 Å². The van der Waals surface area contributed by atoms with Crippen molar-refractivity contribution in [1.29, 1.82) is 0 Å². The van der Waals surface area contributed by atoms with E-state index in [1.165, 1.54) is 0 Å². The molecule has 0 spiro atoms. The molecule has 0 fully saturated rings. The highest BCUT2D eigenvalue weighted by Crippen LogP contribution is 2.23. The molecule has 88 valence electrons. The molecule has 2 aromatic carbocycles. The van der Waals surface area contributed by atoms with Crippen molar-refractivity contribution >= 4 is 32.7 Å². The summed E-state index contributed by atoms with van der Waals surface area (Å²) in [5, 5.41) is 1.94. The molecule has 2 rings (SSSR count). The third kappa shape index (κ3) is 2.67. The molecule has 0 aliphatic heterocycles. The molecule has 0 saturated heterocycles. The van der Waals surface area contributed by atoms with Crippen LogP contribution in [0, 0.1) is 0 Å². The molecule has 0 aliphatic carbocycles. The van der Waals surface area contributed by atoms with Crippen molar-refractivity contribution in [3.63, 3.8) is 0 Å². The Morgan fingerprint density at radius 3 is 2.71 bits per heavy atom. The van der Waals surface area contributed by atoms with Gasteiger partial charge in [-0.05, 0) is 42.8 Å². The quantitative estimate of drug-likeness (QED) is 0.777. The normalized spacial score (nSPS) is 10.8. The smallest absolute Gasteiger partial charge is 0.339 e. The molecule has 2 nitrogen and oxygen atoms in total. The van der Waals surface area contributed by atoms with E-state index < -0.39 is 0 Å². The minimum absolute atomic E-state index is 0.104.